The molecule has 0 saturated heterocycles. The first-order valence-corrected chi connectivity index (χ1v) is 9.61. The number of aromatic carboxylic acids is 1. The van der Waals surface area contributed by atoms with Gasteiger partial charge in [0.1, 0.15) is 5.84 Å². The van der Waals surface area contributed by atoms with Crippen LogP contribution in [0.3, 0.4) is 0 Å². The maximum atomic E-state index is 12.9. The Balaban J connectivity index is 1.95. The molecular formula is C21H23N5O4. The number of carboxylic acid groups (broad SMARTS) is 1. The normalized spacial score (nSPS) is 13.0. The van der Waals surface area contributed by atoms with Crippen molar-refractivity contribution in [2.75, 3.05) is 13.2 Å². The number of carbonyl (C=O) groups excluding carboxylic acids is 1. The fourth-order valence-electron chi connectivity index (χ4n) is 3.04. The van der Waals surface area contributed by atoms with Gasteiger partial charge in [-0.05, 0) is 31.1 Å². The third kappa shape index (κ3) is 4.69. The molecule has 2 aromatic rings. The summed E-state index contributed by atoms with van der Waals surface area (Å²) < 4.78 is 0. The van der Waals surface area contributed by atoms with Gasteiger partial charge in [0, 0.05) is 42.1 Å². The van der Waals surface area contributed by atoms with Crippen LogP contribution in [0.4, 0.5) is 5.69 Å². The van der Waals surface area contributed by atoms with Gasteiger partial charge < -0.3 is 10.8 Å². The zero-order chi connectivity index (χ0) is 21.7. The summed E-state index contributed by atoms with van der Waals surface area (Å²) in [7, 11) is 0. The number of nitrogens with zero attached hydrogens (tertiary/aromatic N) is 4. The van der Waals surface area contributed by atoms with E-state index in [1.807, 2.05) is 26.0 Å². The molecule has 0 fully saturated rings. The Labute approximate surface area is 173 Å². The monoisotopic (exact) mass is 409 g/mol. The van der Waals surface area contributed by atoms with Crippen molar-refractivity contribution in [3.8, 4) is 11.1 Å². The number of aliphatic imine (C=N–C) groups is 1. The zero-order valence-electron chi connectivity index (χ0n) is 16.8. The Bertz CT molecular complexity index is 1010. The fraction of sp³-hybridized carbons (Fsp3) is 0.286. The summed E-state index contributed by atoms with van der Waals surface area (Å²) >= 11 is 0. The molecule has 9 heteroatoms. The summed E-state index contributed by atoms with van der Waals surface area (Å²) in [5, 5.41) is 10.3. The third-order valence-corrected chi connectivity index (χ3v) is 4.39. The highest BCUT2D eigenvalue weighted by molar-refractivity contribution is 6.05. The lowest BCUT2D eigenvalue weighted by atomic mass is 10.0. The number of amides is 1. The lowest BCUT2D eigenvalue weighted by Gasteiger charge is -2.21. The smallest absolute Gasteiger partial charge is 0.373 e. The van der Waals surface area contributed by atoms with Crippen LogP contribution in [0.25, 0.3) is 17.2 Å². The quantitative estimate of drug-likeness (QED) is 0.672. The highest BCUT2D eigenvalue weighted by Gasteiger charge is 2.22. The van der Waals surface area contributed by atoms with E-state index in [-0.39, 0.29) is 18.2 Å². The molecule has 1 aliphatic rings. The number of amidine groups is 1. The van der Waals surface area contributed by atoms with Crippen LogP contribution in [-0.4, -0.2) is 51.0 Å². The van der Waals surface area contributed by atoms with Gasteiger partial charge in [0.25, 0.3) is 5.91 Å². The number of hydrogen-bond acceptors (Lipinski definition) is 7. The zero-order valence-corrected chi connectivity index (χ0v) is 16.8. The van der Waals surface area contributed by atoms with Crippen LogP contribution in [0.1, 0.15) is 42.9 Å². The Morgan fingerprint density at radius 3 is 2.57 bits per heavy atom. The van der Waals surface area contributed by atoms with Crippen LogP contribution in [0.15, 0.2) is 41.2 Å². The number of carbonyl (C=O) groups is 2. The summed E-state index contributed by atoms with van der Waals surface area (Å²) in [6, 6.07) is 5.47. The van der Waals surface area contributed by atoms with Crippen molar-refractivity contribution in [3.05, 3.63) is 47.6 Å². The fourth-order valence-corrected chi connectivity index (χ4v) is 3.04. The van der Waals surface area contributed by atoms with Gasteiger partial charge in [0.05, 0.1) is 12.3 Å². The topological polar surface area (TPSA) is 131 Å². The molecule has 0 aliphatic carbocycles. The standard InChI is InChI=1S/C21H23N5O4/c1-3-7-26(30-4-2)20(27)15-8-14-6-5-13(9-17(14)25-18(22)10-15)16-11-23-19(21(28)29)24-12-16/h5-6,8-9,11-12H,3-4,7,10H2,1-2H3,(H2,22,25)(H,28,29). The first kappa shape index (κ1) is 21.1. The second-order valence-electron chi connectivity index (χ2n) is 6.65. The predicted molar refractivity (Wildman–Crippen MR) is 112 cm³/mol. The van der Waals surface area contributed by atoms with Crippen molar-refractivity contribution in [3.63, 3.8) is 0 Å². The molecule has 0 bridgehead atoms. The number of fused-ring (bicyclic) bond motifs is 1. The van der Waals surface area contributed by atoms with Gasteiger partial charge in [0.15, 0.2) is 0 Å². The van der Waals surface area contributed by atoms with Crippen LogP contribution in [0.5, 0.6) is 0 Å². The molecule has 0 spiro atoms. The van der Waals surface area contributed by atoms with E-state index < -0.39 is 5.97 Å². The highest BCUT2D eigenvalue weighted by atomic mass is 16.7. The summed E-state index contributed by atoms with van der Waals surface area (Å²) in [6.45, 7) is 4.68. The molecule has 2 heterocycles. The maximum Gasteiger partial charge on any atom is 0.373 e. The number of nitrogens with two attached hydrogens (primary N) is 1. The Morgan fingerprint density at radius 1 is 1.20 bits per heavy atom. The predicted octanol–water partition coefficient (Wildman–Crippen LogP) is 2.81. The summed E-state index contributed by atoms with van der Waals surface area (Å²) in [5.74, 6) is -1.37. The van der Waals surface area contributed by atoms with E-state index in [2.05, 4.69) is 15.0 Å². The second-order valence-corrected chi connectivity index (χ2v) is 6.65. The summed E-state index contributed by atoms with van der Waals surface area (Å²) in [4.78, 5) is 41.5. The molecule has 0 unspecified atom stereocenters. The minimum absolute atomic E-state index is 0.215. The number of aromatic nitrogens is 2. The van der Waals surface area contributed by atoms with E-state index in [0.717, 1.165) is 17.5 Å². The summed E-state index contributed by atoms with van der Waals surface area (Å²) in [5.41, 5.74) is 9.33. The van der Waals surface area contributed by atoms with E-state index in [9.17, 15) is 9.59 Å². The molecule has 1 aromatic carbocycles. The van der Waals surface area contributed by atoms with E-state index in [1.54, 1.807) is 12.1 Å². The SMILES string of the molecule is CCCN(OCC)C(=O)C1=Cc2ccc(-c3cnc(C(=O)O)nc3)cc2N=C(N)C1. The van der Waals surface area contributed by atoms with Crippen LogP contribution in [-0.2, 0) is 9.63 Å². The highest BCUT2D eigenvalue weighted by Crippen LogP contribution is 2.31. The van der Waals surface area contributed by atoms with Crippen molar-refractivity contribution in [2.45, 2.75) is 26.7 Å². The van der Waals surface area contributed by atoms with Crippen LogP contribution in [0.2, 0.25) is 0 Å². The van der Waals surface area contributed by atoms with Crippen molar-refractivity contribution >= 4 is 29.5 Å². The third-order valence-electron chi connectivity index (χ3n) is 4.39. The average Bonchev–Trinajstić information content (AvgIpc) is 2.90. The first-order valence-electron chi connectivity index (χ1n) is 9.61. The van der Waals surface area contributed by atoms with Crippen molar-refractivity contribution in [1.82, 2.24) is 15.0 Å². The summed E-state index contributed by atoms with van der Waals surface area (Å²) in [6.07, 6.45) is 5.64. The van der Waals surface area contributed by atoms with Gasteiger partial charge in [-0.25, -0.2) is 24.8 Å². The molecule has 1 aromatic heterocycles. The van der Waals surface area contributed by atoms with Gasteiger partial charge in [-0.2, -0.15) is 0 Å². The van der Waals surface area contributed by atoms with E-state index in [1.165, 1.54) is 17.5 Å². The molecular weight excluding hydrogens is 386 g/mol. The Kier molecular flexibility index (Phi) is 6.53. The average molecular weight is 409 g/mol. The molecule has 0 saturated carbocycles. The Hall–Kier alpha value is -3.59. The van der Waals surface area contributed by atoms with Crippen molar-refractivity contribution < 1.29 is 19.5 Å². The Morgan fingerprint density at radius 2 is 1.93 bits per heavy atom. The van der Waals surface area contributed by atoms with Crippen molar-refractivity contribution in [2.24, 2.45) is 10.7 Å². The maximum absolute atomic E-state index is 12.9. The number of rotatable bonds is 7. The molecule has 3 N–H and O–H groups in total. The van der Waals surface area contributed by atoms with Crippen LogP contribution >= 0.6 is 0 Å². The van der Waals surface area contributed by atoms with Crippen LogP contribution in [0, 0.1) is 0 Å². The van der Waals surface area contributed by atoms with E-state index in [4.69, 9.17) is 15.7 Å². The van der Waals surface area contributed by atoms with Gasteiger partial charge in [-0.15, -0.1) is 0 Å². The van der Waals surface area contributed by atoms with Gasteiger partial charge in [-0.3, -0.25) is 9.63 Å². The van der Waals surface area contributed by atoms with Gasteiger partial charge in [-0.1, -0.05) is 19.1 Å². The van der Waals surface area contributed by atoms with E-state index in [0.29, 0.717) is 35.8 Å². The number of hydrogen-bond donors (Lipinski definition) is 2. The molecule has 3 rings (SSSR count). The lowest BCUT2D eigenvalue weighted by molar-refractivity contribution is -0.180. The molecule has 0 radical (unpaired) electrons. The van der Waals surface area contributed by atoms with E-state index >= 15 is 0 Å². The second kappa shape index (κ2) is 9.27. The molecule has 9 nitrogen and oxygen atoms in total. The van der Waals surface area contributed by atoms with Crippen LogP contribution < -0.4 is 5.73 Å². The first-order chi connectivity index (χ1) is 14.4. The molecule has 0 atom stereocenters. The van der Waals surface area contributed by atoms with Gasteiger partial charge >= 0.3 is 5.97 Å². The number of hydroxylamine groups is 2. The number of carboxylic acids is 1. The largest absolute Gasteiger partial charge is 0.475 e. The minimum atomic E-state index is -1.19. The molecule has 156 valence electrons. The van der Waals surface area contributed by atoms with Crippen molar-refractivity contribution in [1.29, 1.82) is 0 Å². The van der Waals surface area contributed by atoms with Gasteiger partial charge in [0.2, 0.25) is 5.82 Å². The number of benzene rings is 1. The molecule has 1 aliphatic heterocycles. The molecule has 1 amide bonds. The molecule has 30 heavy (non-hydrogen) atoms. The minimum Gasteiger partial charge on any atom is -0.475 e. The lowest BCUT2D eigenvalue weighted by Crippen LogP contribution is -2.34.